The number of carbonyl (C=O) groups is 1. The zero-order chi connectivity index (χ0) is 19.6. The fourth-order valence-electron chi connectivity index (χ4n) is 3.06. The Morgan fingerprint density at radius 2 is 1.81 bits per heavy atom. The van der Waals surface area contributed by atoms with Gasteiger partial charge in [0.2, 0.25) is 5.91 Å². The SMILES string of the molecule is Cc1cc(C)cc(NC(=O)CSc2nc3ccccc3c(=O)n2C(C)C)c1. The van der Waals surface area contributed by atoms with E-state index >= 15 is 0 Å². The van der Waals surface area contributed by atoms with E-state index in [1.165, 1.54) is 11.8 Å². The lowest BCUT2D eigenvalue weighted by molar-refractivity contribution is -0.113. The van der Waals surface area contributed by atoms with Crippen LogP contribution >= 0.6 is 11.8 Å². The van der Waals surface area contributed by atoms with Crippen molar-refractivity contribution < 1.29 is 4.79 Å². The van der Waals surface area contributed by atoms with Gasteiger partial charge >= 0.3 is 0 Å². The van der Waals surface area contributed by atoms with Crippen molar-refractivity contribution in [1.29, 1.82) is 0 Å². The Morgan fingerprint density at radius 1 is 1.15 bits per heavy atom. The van der Waals surface area contributed by atoms with Crippen molar-refractivity contribution in [3.05, 3.63) is 63.9 Å². The van der Waals surface area contributed by atoms with E-state index in [0.29, 0.717) is 16.1 Å². The van der Waals surface area contributed by atoms with Crippen molar-refractivity contribution >= 4 is 34.3 Å². The van der Waals surface area contributed by atoms with Crippen molar-refractivity contribution in [3.63, 3.8) is 0 Å². The molecule has 3 aromatic rings. The number of hydrogen-bond donors (Lipinski definition) is 1. The lowest BCUT2D eigenvalue weighted by Gasteiger charge is -2.16. The highest BCUT2D eigenvalue weighted by Crippen LogP contribution is 2.21. The Morgan fingerprint density at radius 3 is 2.48 bits per heavy atom. The van der Waals surface area contributed by atoms with E-state index in [4.69, 9.17) is 0 Å². The van der Waals surface area contributed by atoms with Gasteiger partial charge in [-0.25, -0.2) is 4.98 Å². The number of hydrogen-bond acceptors (Lipinski definition) is 4. The van der Waals surface area contributed by atoms with Crippen molar-refractivity contribution in [3.8, 4) is 0 Å². The third kappa shape index (κ3) is 4.39. The molecule has 1 amide bonds. The summed E-state index contributed by atoms with van der Waals surface area (Å²) in [6.07, 6.45) is 0. The normalized spacial score (nSPS) is 11.1. The minimum absolute atomic E-state index is 0.0420. The van der Waals surface area contributed by atoms with Crippen LogP contribution in [0.2, 0.25) is 0 Å². The predicted octanol–water partition coefficient (Wildman–Crippen LogP) is 4.33. The molecule has 3 rings (SSSR count). The molecule has 0 radical (unpaired) electrons. The monoisotopic (exact) mass is 381 g/mol. The first kappa shape index (κ1) is 19.2. The van der Waals surface area contributed by atoms with Gasteiger partial charge in [-0.2, -0.15) is 0 Å². The third-order valence-electron chi connectivity index (χ3n) is 4.13. The Bertz CT molecular complexity index is 1040. The Labute approximate surface area is 162 Å². The van der Waals surface area contributed by atoms with Crippen LogP contribution in [0.4, 0.5) is 5.69 Å². The summed E-state index contributed by atoms with van der Waals surface area (Å²) in [6, 6.07) is 13.2. The maximum absolute atomic E-state index is 12.8. The smallest absolute Gasteiger partial charge is 0.262 e. The zero-order valence-corrected chi connectivity index (χ0v) is 16.8. The summed E-state index contributed by atoms with van der Waals surface area (Å²) in [6.45, 7) is 7.88. The van der Waals surface area contributed by atoms with Gasteiger partial charge in [-0.05, 0) is 63.1 Å². The van der Waals surface area contributed by atoms with E-state index in [0.717, 1.165) is 16.8 Å². The van der Waals surface area contributed by atoms with Gasteiger partial charge in [-0.1, -0.05) is 30.0 Å². The number of anilines is 1. The number of amides is 1. The molecule has 0 saturated heterocycles. The molecule has 2 aromatic carbocycles. The summed E-state index contributed by atoms with van der Waals surface area (Å²) < 4.78 is 1.65. The van der Waals surface area contributed by atoms with Crippen LogP contribution in [-0.2, 0) is 4.79 Å². The van der Waals surface area contributed by atoms with Crippen molar-refractivity contribution in [2.24, 2.45) is 0 Å². The van der Waals surface area contributed by atoms with Crippen molar-refractivity contribution in [1.82, 2.24) is 9.55 Å². The van der Waals surface area contributed by atoms with Crippen molar-refractivity contribution in [2.45, 2.75) is 38.9 Å². The molecule has 0 unspecified atom stereocenters. The molecular weight excluding hydrogens is 358 g/mol. The van der Waals surface area contributed by atoms with Crippen LogP contribution in [0, 0.1) is 13.8 Å². The summed E-state index contributed by atoms with van der Waals surface area (Å²) in [7, 11) is 0. The quantitative estimate of drug-likeness (QED) is 0.528. The third-order valence-corrected chi connectivity index (χ3v) is 5.08. The molecule has 0 aliphatic heterocycles. The molecule has 1 heterocycles. The van der Waals surface area contributed by atoms with Crippen molar-refractivity contribution in [2.75, 3.05) is 11.1 Å². The largest absolute Gasteiger partial charge is 0.325 e. The van der Waals surface area contributed by atoms with Crippen LogP contribution in [0.25, 0.3) is 10.9 Å². The van der Waals surface area contributed by atoms with Crippen LogP contribution in [-0.4, -0.2) is 21.2 Å². The molecule has 0 fully saturated rings. The first-order valence-corrected chi connectivity index (χ1v) is 9.86. The highest BCUT2D eigenvalue weighted by molar-refractivity contribution is 7.99. The van der Waals surface area contributed by atoms with E-state index in [9.17, 15) is 9.59 Å². The second-order valence-electron chi connectivity index (χ2n) is 6.89. The predicted molar refractivity (Wildman–Crippen MR) is 112 cm³/mol. The number of benzene rings is 2. The molecule has 140 valence electrons. The fourth-order valence-corrected chi connectivity index (χ4v) is 3.98. The summed E-state index contributed by atoms with van der Waals surface area (Å²) in [5.74, 6) is 0.0625. The van der Waals surface area contributed by atoms with Gasteiger partial charge < -0.3 is 5.32 Å². The molecule has 1 aromatic heterocycles. The molecule has 0 spiro atoms. The molecule has 0 atom stereocenters. The number of para-hydroxylation sites is 1. The Balaban J connectivity index is 1.82. The standard InChI is InChI=1S/C21H23N3O2S/c1-13(2)24-20(26)17-7-5-6-8-18(17)23-21(24)27-12-19(25)22-16-10-14(3)9-15(4)11-16/h5-11,13H,12H2,1-4H3,(H,22,25). The average molecular weight is 382 g/mol. The number of rotatable bonds is 5. The van der Waals surface area contributed by atoms with Crippen LogP contribution in [0.5, 0.6) is 0 Å². The maximum atomic E-state index is 12.8. The molecule has 0 aliphatic rings. The van der Waals surface area contributed by atoms with Gasteiger partial charge in [0.15, 0.2) is 5.16 Å². The van der Waals surface area contributed by atoms with E-state index in [1.54, 1.807) is 10.6 Å². The van der Waals surface area contributed by atoms with Gasteiger partial charge in [0, 0.05) is 11.7 Å². The van der Waals surface area contributed by atoms with Crippen LogP contribution in [0.15, 0.2) is 52.4 Å². The Hall–Kier alpha value is -2.60. The summed E-state index contributed by atoms with van der Waals surface area (Å²) in [5.41, 5.74) is 3.56. The van der Waals surface area contributed by atoms with E-state index in [1.807, 2.05) is 58.0 Å². The van der Waals surface area contributed by atoms with Crippen LogP contribution in [0.3, 0.4) is 0 Å². The highest BCUT2D eigenvalue weighted by Gasteiger charge is 2.15. The topological polar surface area (TPSA) is 64.0 Å². The second-order valence-corrected chi connectivity index (χ2v) is 7.84. The lowest BCUT2D eigenvalue weighted by atomic mass is 10.1. The average Bonchev–Trinajstić information content (AvgIpc) is 2.58. The number of fused-ring (bicyclic) bond motifs is 1. The van der Waals surface area contributed by atoms with Crippen LogP contribution in [0.1, 0.15) is 31.0 Å². The summed E-state index contributed by atoms with van der Waals surface area (Å²) in [4.78, 5) is 29.8. The summed E-state index contributed by atoms with van der Waals surface area (Å²) >= 11 is 1.28. The number of nitrogens with zero attached hydrogens (tertiary/aromatic N) is 2. The van der Waals surface area contributed by atoms with Crippen LogP contribution < -0.4 is 10.9 Å². The van der Waals surface area contributed by atoms with Gasteiger partial charge in [-0.15, -0.1) is 0 Å². The second kappa shape index (κ2) is 7.96. The lowest BCUT2D eigenvalue weighted by Crippen LogP contribution is -2.25. The highest BCUT2D eigenvalue weighted by atomic mass is 32.2. The number of carbonyl (C=O) groups excluding carboxylic acids is 1. The Kier molecular flexibility index (Phi) is 5.65. The minimum Gasteiger partial charge on any atom is -0.325 e. The molecule has 1 N–H and O–H groups in total. The molecular formula is C21H23N3O2S. The zero-order valence-electron chi connectivity index (χ0n) is 15.9. The van der Waals surface area contributed by atoms with E-state index in [2.05, 4.69) is 16.4 Å². The molecule has 27 heavy (non-hydrogen) atoms. The molecule has 0 aliphatic carbocycles. The van der Waals surface area contributed by atoms with E-state index < -0.39 is 0 Å². The van der Waals surface area contributed by atoms with Gasteiger partial charge in [0.05, 0.1) is 16.7 Å². The fraction of sp³-hybridized carbons (Fsp3) is 0.286. The number of nitrogens with one attached hydrogen (secondary N) is 1. The minimum atomic E-state index is -0.122. The van der Waals surface area contributed by atoms with Gasteiger partial charge in [0.25, 0.3) is 5.56 Å². The maximum Gasteiger partial charge on any atom is 0.262 e. The molecule has 0 saturated carbocycles. The first-order valence-electron chi connectivity index (χ1n) is 8.87. The summed E-state index contributed by atoms with van der Waals surface area (Å²) in [5, 5.41) is 4.07. The molecule has 6 heteroatoms. The first-order chi connectivity index (χ1) is 12.8. The van der Waals surface area contributed by atoms with Gasteiger partial charge in [-0.3, -0.25) is 14.2 Å². The molecule has 5 nitrogen and oxygen atoms in total. The number of thioether (sulfide) groups is 1. The van der Waals surface area contributed by atoms with E-state index in [-0.39, 0.29) is 23.3 Å². The number of aryl methyl sites for hydroxylation is 2. The number of aromatic nitrogens is 2. The van der Waals surface area contributed by atoms with Gasteiger partial charge in [0.1, 0.15) is 0 Å². The molecule has 0 bridgehead atoms.